The first kappa shape index (κ1) is 14.3. The lowest BCUT2D eigenvalue weighted by Crippen LogP contribution is -2.49. The van der Waals surface area contributed by atoms with Crippen molar-refractivity contribution in [3.63, 3.8) is 0 Å². The fourth-order valence-corrected chi connectivity index (χ4v) is 2.53. The summed E-state index contributed by atoms with van der Waals surface area (Å²) in [5.41, 5.74) is 0. The highest BCUT2D eigenvalue weighted by atomic mass is 16.5. The second-order valence-corrected chi connectivity index (χ2v) is 4.77. The van der Waals surface area contributed by atoms with E-state index in [0.29, 0.717) is 6.61 Å². The van der Waals surface area contributed by atoms with Crippen molar-refractivity contribution in [1.29, 1.82) is 0 Å². The second-order valence-electron chi connectivity index (χ2n) is 4.77. The Bertz CT molecular complexity index is 227. The number of ether oxygens (including phenoxy) is 1. The fraction of sp³-hybridized carbons (Fsp3) is 0.923. The van der Waals surface area contributed by atoms with Crippen molar-refractivity contribution < 1.29 is 14.6 Å². The van der Waals surface area contributed by atoms with Crippen LogP contribution in [0.3, 0.4) is 0 Å². The largest absolute Gasteiger partial charge is 0.465 e. The molecule has 2 unspecified atom stereocenters. The lowest BCUT2D eigenvalue weighted by atomic mass is 10.0. The molecule has 1 N–H and O–H groups in total. The van der Waals surface area contributed by atoms with Crippen LogP contribution in [-0.4, -0.2) is 41.4 Å². The Balaban J connectivity index is 2.63. The zero-order chi connectivity index (χ0) is 12.7. The Morgan fingerprint density at radius 2 is 2.29 bits per heavy atom. The van der Waals surface area contributed by atoms with E-state index in [9.17, 15) is 9.90 Å². The molecule has 0 radical (unpaired) electrons. The number of rotatable bonds is 6. The summed E-state index contributed by atoms with van der Waals surface area (Å²) < 4.78 is 5.41. The SMILES string of the molecule is CCCCC(CC)N(C(=O)O)C1CCCOC1. The first-order valence-electron chi connectivity index (χ1n) is 6.79. The summed E-state index contributed by atoms with van der Waals surface area (Å²) >= 11 is 0. The van der Waals surface area contributed by atoms with Crippen LogP contribution >= 0.6 is 0 Å². The molecule has 1 amide bonds. The third-order valence-electron chi connectivity index (χ3n) is 3.51. The molecule has 17 heavy (non-hydrogen) atoms. The molecular formula is C13H25NO3. The first-order valence-corrected chi connectivity index (χ1v) is 6.79. The summed E-state index contributed by atoms with van der Waals surface area (Å²) in [5, 5.41) is 9.40. The lowest BCUT2D eigenvalue weighted by Gasteiger charge is -2.37. The standard InChI is InChI=1S/C13H25NO3/c1-3-5-7-11(4-2)14(13(15)16)12-8-6-9-17-10-12/h11-12H,3-10H2,1-2H3,(H,15,16). The monoisotopic (exact) mass is 243 g/mol. The quantitative estimate of drug-likeness (QED) is 0.779. The van der Waals surface area contributed by atoms with Crippen molar-refractivity contribution in [2.24, 2.45) is 0 Å². The molecule has 0 aromatic heterocycles. The molecule has 0 aromatic rings. The summed E-state index contributed by atoms with van der Waals surface area (Å²) in [4.78, 5) is 13.1. The van der Waals surface area contributed by atoms with Crippen LogP contribution < -0.4 is 0 Å². The van der Waals surface area contributed by atoms with Crippen molar-refractivity contribution >= 4 is 6.09 Å². The third-order valence-corrected chi connectivity index (χ3v) is 3.51. The molecule has 0 aromatic carbocycles. The number of carboxylic acid groups (broad SMARTS) is 1. The van der Waals surface area contributed by atoms with Gasteiger partial charge in [0.1, 0.15) is 0 Å². The molecule has 1 heterocycles. The van der Waals surface area contributed by atoms with Gasteiger partial charge < -0.3 is 14.7 Å². The summed E-state index contributed by atoms with van der Waals surface area (Å²) in [5.74, 6) is 0. The Kier molecular flexibility index (Phi) is 6.34. The molecule has 1 fully saturated rings. The van der Waals surface area contributed by atoms with Crippen LogP contribution in [0.5, 0.6) is 0 Å². The minimum atomic E-state index is -0.788. The number of carbonyl (C=O) groups is 1. The molecule has 0 aliphatic carbocycles. The Labute approximate surface area is 104 Å². The zero-order valence-electron chi connectivity index (χ0n) is 11.0. The summed E-state index contributed by atoms with van der Waals surface area (Å²) in [6, 6.07) is 0.210. The van der Waals surface area contributed by atoms with E-state index in [0.717, 1.165) is 45.1 Å². The minimum Gasteiger partial charge on any atom is -0.465 e. The van der Waals surface area contributed by atoms with E-state index >= 15 is 0 Å². The molecule has 1 saturated heterocycles. The van der Waals surface area contributed by atoms with E-state index in [1.165, 1.54) is 0 Å². The molecule has 0 bridgehead atoms. The number of amides is 1. The average Bonchev–Trinajstić information content (AvgIpc) is 2.35. The van der Waals surface area contributed by atoms with Gasteiger partial charge in [-0.3, -0.25) is 0 Å². The molecule has 1 aliphatic heterocycles. The molecule has 2 atom stereocenters. The predicted octanol–water partition coefficient (Wildman–Crippen LogP) is 3.11. The van der Waals surface area contributed by atoms with E-state index in [2.05, 4.69) is 13.8 Å². The van der Waals surface area contributed by atoms with Crippen LogP contribution in [0.1, 0.15) is 52.4 Å². The lowest BCUT2D eigenvalue weighted by molar-refractivity contribution is 0.00366. The summed E-state index contributed by atoms with van der Waals surface area (Å²) in [6.45, 7) is 5.55. The molecular weight excluding hydrogens is 218 g/mol. The van der Waals surface area contributed by atoms with Crippen LogP contribution in [0, 0.1) is 0 Å². The van der Waals surface area contributed by atoms with E-state index in [4.69, 9.17) is 4.74 Å². The van der Waals surface area contributed by atoms with Gasteiger partial charge in [0.2, 0.25) is 0 Å². The number of hydrogen-bond acceptors (Lipinski definition) is 2. The van der Waals surface area contributed by atoms with Gasteiger partial charge in [-0.15, -0.1) is 0 Å². The van der Waals surface area contributed by atoms with Gasteiger partial charge in [-0.1, -0.05) is 26.7 Å². The van der Waals surface area contributed by atoms with Gasteiger partial charge in [0.05, 0.1) is 12.6 Å². The highest BCUT2D eigenvalue weighted by molar-refractivity contribution is 5.66. The maximum absolute atomic E-state index is 11.4. The smallest absolute Gasteiger partial charge is 0.407 e. The van der Waals surface area contributed by atoms with Crippen molar-refractivity contribution in [2.75, 3.05) is 13.2 Å². The van der Waals surface area contributed by atoms with Crippen molar-refractivity contribution in [3.8, 4) is 0 Å². The summed E-state index contributed by atoms with van der Waals surface area (Å²) in [6.07, 6.45) is 5.19. The van der Waals surface area contributed by atoms with Crippen LogP contribution in [-0.2, 0) is 4.74 Å². The van der Waals surface area contributed by atoms with E-state index in [-0.39, 0.29) is 12.1 Å². The van der Waals surface area contributed by atoms with Crippen LogP contribution in [0.25, 0.3) is 0 Å². The van der Waals surface area contributed by atoms with Gasteiger partial charge in [-0.2, -0.15) is 0 Å². The number of unbranched alkanes of at least 4 members (excludes halogenated alkanes) is 1. The maximum atomic E-state index is 11.4. The zero-order valence-corrected chi connectivity index (χ0v) is 11.0. The number of hydrogen-bond donors (Lipinski definition) is 1. The Morgan fingerprint density at radius 3 is 2.76 bits per heavy atom. The number of nitrogens with zero attached hydrogens (tertiary/aromatic N) is 1. The molecule has 100 valence electrons. The normalized spacial score (nSPS) is 22.1. The van der Waals surface area contributed by atoms with Crippen molar-refractivity contribution in [1.82, 2.24) is 4.90 Å². The molecule has 1 aliphatic rings. The molecule has 0 spiro atoms. The maximum Gasteiger partial charge on any atom is 0.407 e. The highest BCUT2D eigenvalue weighted by Gasteiger charge is 2.30. The van der Waals surface area contributed by atoms with E-state index in [1.54, 1.807) is 4.90 Å². The molecule has 1 rings (SSSR count). The Morgan fingerprint density at radius 1 is 1.53 bits per heavy atom. The fourth-order valence-electron chi connectivity index (χ4n) is 2.53. The minimum absolute atomic E-state index is 0.0584. The van der Waals surface area contributed by atoms with Gasteiger partial charge in [-0.25, -0.2) is 4.79 Å². The highest BCUT2D eigenvalue weighted by Crippen LogP contribution is 2.21. The molecule has 4 nitrogen and oxygen atoms in total. The predicted molar refractivity (Wildman–Crippen MR) is 67.3 cm³/mol. The van der Waals surface area contributed by atoms with Crippen molar-refractivity contribution in [3.05, 3.63) is 0 Å². The third kappa shape index (κ3) is 4.19. The van der Waals surface area contributed by atoms with Crippen molar-refractivity contribution in [2.45, 2.75) is 64.5 Å². The average molecular weight is 243 g/mol. The van der Waals surface area contributed by atoms with Gasteiger partial charge in [0, 0.05) is 12.6 Å². The topological polar surface area (TPSA) is 49.8 Å². The van der Waals surface area contributed by atoms with Gasteiger partial charge >= 0.3 is 6.09 Å². The molecule has 0 saturated carbocycles. The Hall–Kier alpha value is -0.770. The van der Waals surface area contributed by atoms with E-state index < -0.39 is 6.09 Å². The molecule has 4 heteroatoms. The van der Waals surface area contributed by atoms with Gasteiger partial charge in [-0.05, 0) is 25.7 Å². The van der Waals surface area contributed by atoms with Crippen LogP contribution in [0.4, 0.5) is 4.79 Å². The van der Waals surface area contributed by atoms with Crippen LogP contribution in [0.2, 0.25) is 0 Å². The van der Waals surface area contributed by atoms with E-state index in [1.807, 2.05) is 0 Å². The van der Waals surface area contributed by atoms with Gasteiger partial charge in [0.15, 0.2) is 0 Å². The van der Waals surface area contributed by atoms with Gasteiger partial charge in [0.25, 0.3) is 0 Å². The summed E-state index contributed by atoms with van der Waals surface area (Å²) in [7, 11) is 0. The second kappa shape index (κ2) is 7.54. The van der Waals surface area contributed by atoms with Crippen LogP contribution in [0.15, 0.2) is 0 Å². The first-order chi connectivity index (χ1) is 8.20.